The summed E-state index contributed by atoms with van der Waals surface area (Å²) in [6.45, 7) is 0.937. The summed E-state index contributed by atoms with van der Waals surface area (Å²) in [5.41, 5.74) is -0.708. The van der Waals surface area contributed by atoms with Crippen LogP contribution in [0.25, 0.3) is 0 Å². The molecular formula is C12H20N2O3S. The molecule has 1 saturated carbocycles. The summed E-state index contributed by atoms with van der Waals surface area (Å²) in [6, 6.07) is -0.237. The highest BCUT2D eigenvalue weighted by molar-refractivity contribution is 7.99. The number of carbonyl (C=O) groups is 2. The third-order valence-electron chi connectivity index (χ3n) is 3.93. The number of hydrogen-bond acceptors (Lipinski definition) is 3. The van der Waals surface area contributed by atoms with E-state index in [1.54, 1.807) is 0 Å². The van der Waals surface area contributed by atoms with Gasteiger partial charge >= 0.3 is 12.0 Å². The van der Waals surface area contributed by atoms with Gasteiger partial charge in [0.2, 0.25) is 0 Å². The lowest BCUT2D eigenvalue weighted by Crippen LogP contribution is -2.50. The van der Waals surface area contributed by atoms with Crippen LogP contribution in [0.1, 0.15) is 25.7 Å². The zero-order valence-corrected chi connectivity index (χ0v) is 11.2. The molecule has 2 fully saturated rings. The number of amides is 2. The number of hydrogen-bond donors (Lipinski definition) is 3. The van der Waals surface area contributed by atoms with Gasteiger partial charge in [-0.2, -0.15) is 11.8 Å². The first-order chi connectivity index (χ1) is 8.62. The lowest BCUT2D eigenvalue weighted by Gasteiger charge is -2.37. The Hall–Kier alpha value is -0.910. The second kappa shape index (κ2) is 5.82. The lowest BCUT2D eigenvalue weighted by atomic mass is 9.69. The predicted octanol–water partition coefficient (Wildman–Crippen LogP) is 1.29. The monoisotopic (exact) mass is 272 g/mol. The van der Waals surface area contributed by atoms with Crippen LogP contribution in [0.4, 0.5) is 4.79 Å². The van der Waals surface area contributed by atoms with E-state index in [-0.39, 0.29) is 12.6 Å². The van der Waals surface area contributed by atoms with Gasteiger partial charge in [-0.3, -0.25) is 4.79 Å². The Morgan fingerprint density at radius 1 is 1.33 bits per heavy atom. The average Bonchev–Trinajstić information content (AvgIpc) is 2.77. The van der Waals surface area contributed by atoms with E-state index < -0.39 is 11.4 Å². The summed E-state index contributed by atoms with van der Waals surface area (Å²) in [6.07, 6.45) is 3.43. The van der Waals surface area contributed by atoms with Crippen LogP contribution in [-0.2, 0) is 4.79 Å². The summed E-state index contributed by atoms with van der Waals surface area (Å²) in [4.78, 5) is 22.7. The summed E-state index contributed by atoms with van der Waals surface area (Å²) in [7, 11) is 0. The van der Waals surface area contributed by atoms with Gasteiger partial charge in [0.15, 0.2) is 0 Å². The number of aliphatic carboxylic acids is 1. The molecule has 2 rings (SSSR count). The molecule has 0 aromatic carbocycles. The molecule has 1 aliphatic carbocycles. The van der Waals surface area contributed by atoms with Crippen molar-refractivity contribution in [3.8, 4) is 0 Å². The molecule has 0 radical (unpaired) electrons. The van der Waals surface area contributed by atoms with E-state index >= 15 is 0 Å². The van der Waals surface area contributed by atoms with Crippen molar-refractivity contribution in [1.82, 2.24) is 10.6 Å². The van der Waals surface area contributed by atoms with Gasteiger partial charge in [0.05, 0.1) is 5.41 Å². The van der Waals surface area contributed by atoms with Gasteiger partial charge < -0.3 is 15.7 Å². The smallest absolute Gasteiger partial charge is 0.314 e. The van der Waals surface area contributed by atoms with Crippen molar-refractivity contribution in [2.45, 2.75) is 25.7 Å². The minimum atomic E-state index is -0.791. The fourth-order valence-electron chi connectivity index (χ4n) is 2.36. The maximum absolute atomic E-state index is 11.6. The Labute approximate surface area is 111 Å². The van der Waals surface area contributed by atoms with Crippen molar-refractivity contribution in [1.29, 1.82) is 0 Å². The molecule has 0 spiro atoms. The van der Waals surface area contributed by atoms with Crippen molar-refractivity contribution in [3.05, 3.63) is 0 Å². The molecule has 6 heteroatoms. The fraction of sp³-hybridized carbons (Fsp3) is 0.833. The first-order valence-corrected chi connectivity index (χ1v) is 7.61. The quantitative estimate of drug-likeness (QED) is 0.705. The van der Waals surface area contributed by atoms with Gasteiger partial charge in [-0.05, 0) is 36.7 Å². The van der Waals surface area contributed by atoms with Gasteiger partial charge in [0.1, 0.15) is 0 Å². The first kappa shape index (κ1) is 13.5. The van der Waals surface area contributed by atoms with Crippen LogP contribution in [0.15, 0.2) is 0 Å². The van der Waals surface area contributed by atoms with Crippen LogP contribution in [0.2, 0.25) is 0 Å². The Morgan fingerprint density at radius 3 is 2.61 bits per heavy atom. The Bertz CT molecular complexity index is 325. The van der Waals surface area contributed by atoms with E-state index in [1.807, 2.05) is 11.8 Å². The maximum Gasteiger partial charge on any atom is 0.314 e. The second-order valence-corrected chi connectivity index (χ2v) is 6.38. The van der Waals surface area contributed by atoms with Crippen molar-refractivity contribution >= 4 is 23.8 Å². The van der Waals surface area contributed by atoms with Crippen LogP contribution in [0.3, 0.4) is 0 Å². The third-order valence-corrected chi connectivity index (χ3v) is 5.16. The van der Waals surface area contributed by atoms with Crippen LogP contribution in [0.5, 0.6) is 0 Å². The van der Waals surface area contributed by atoms with E-state index in [1.165, 1.54) is 5.75 Å². The standard InChI is InChI=1S/C12H20N2O3S/c15-10(16)12(3-1-4-12)8-14-11(17)13-6-9-2-5-18-7-9/h9H,1-8H2,(H,15,16)(H2,13,14,17). The molecule has 3 N–H and O–H groups in total. The summed E-state index contributed by atoms with van der Waals surface area (Å²) >= 11 is 1.92. The highest BCUT2D eigenvalue weighted by Gasteiger charge is 2.44. The normalized spacial score (nSPS) is 25.2. The largest absolute Gasteiger partial charge is 0.481 e. The lowest BCUT2D eigenvalue weighted by molar-refractivity contribution is -0.153. The average molecular weight is 272 g/mol. The molecule has 0 bridgehead atoms. The second-order valence-electron chi connectivity index (χ2n) is 5.23. The molecule has 1 atom stereocenters. The zero-order valence-electron chi connectivity index (χ0n) is 10.4. The van der Waals surface area contributed by atoms with Crippen LogP contribution in [-0.4, -0.2) is 41.7 Å². The summed E-state index contributed by atoms with van der Waals surface area (Å²) < 4.78 is 0. The minimum Gasteiger partial charge on any atom is -0.481 e. The Kier molecular flexibility index (Phi) is 4.37. The molecule has 0 aromatic rings. The molecule has 1 aliphatic heterocycles. The van der Waals surface area contributed by atoms with E-state index in [9.17, 15) is 9.59 Å². The van der Waals surface area contributed by atoms with Gasteiger partial charge in [-0.15, -0.1) is 0 Å². The van der Waals surface area contributed by atoms with Gasteiger partial charge in [0, 0.05) is 13.1 Å². The molecule has 0 aromatic heterocycles. The third kappa shape index (κ3) is 3.10. The Balaban J connectivity index is 1.66. The Morgan fingerprint density at radius 2 is 2.11 bits per heavy atom. The summed E-state index contributed by atoms with van der Waals surface area (Å²) in [5, 5.41) is 14.6. The SMILES string of the molecule is O=C(NCC1CCSC1)NCC1(C(=O)O)CCC1. The number of urea groups is 1. The molecule has 1 unspecified atom stereocenters. The molecule has 18 heavy (non-hydrogen) atoms. The maximum atomic E-state index is 11.6. The highest BCUT2D eigenvalue weighted by atomic mass is 32.2. The molecule has 2 aliphatic rings. The first-order valence-electron chi connectivity index (χ1n) is 6.45. The van der Waals surface area contributed by atoms with Crippen molar-refractivity contribution in [2.24, 2.45) is 11.3 Å². The van der Waals surface area contributed by atoms with Crippen molar-refractivity contribution < 1.29 is 14.7 Å². The molecule has 5 nitrogen and oxygen atoms in total. The predicted molar refractivity (Wildman–Crippen MR) is 70.8 cm³/mol. The number of nitrogens with one attached hydrogen (secondary N) is 2. The van der Waals surface area contributed by atoms with Crippen molar-refractivity contribution in [2.75, 3.05) is 24.6 Å². The van der Waals surface area contributed by atoms with E-state index in [0.717, 1.165) is 18.6 Å². The zero-order chi connectivity index (χ0) is 13.0. The molecule has 1 heterocycles. The number of carboxylic acid groups (broad SMARTS) is 1. The summed E-state index contributed by atoms with van der Waals surface area (Å²) in [5.74, 6) is 2.06. The molecule has 1 saturated heterocycles. The number of rotatable bonds is 5. The van der Waals surface area contributed by atoms with Gasteiger partial charge in [-0.1, -0.05) is 6.42 Å². The van der Waals surface area contributed by atoms with Crippen LogP contribution < -0.4 is 10.6 Å². The molecule has 102 valence electrons. The topological polar surface area (TPSA) is 78.4 Å². The van der Waals surface area contributed by atoms with Crippen LogP contribution >= 0.6 is 11.8 Å². The van der Waals surface area contributed by atoms with Crippen molar-refractivity contribution in [3.63, 3.8) is 0 Å². The molecular weight excluding hydrogens is 252 g/mol. The number of carboxylic acids is 1. The van der Waals surface area contributed by atoms with E-state index in [0.29, 0.717) is 25.3 Å². The van der Waals surface area contributed by atoms with E-state index in [4.69, 9.17) is 5.11 Å². The van der Waals surface area contributed by atoms with E-state index in [2.05, 4.69) is 10.6 Å². The highest BCUT2D eigenvalue weighted by Crippen LogP contribution is 2.40. The number of carbonyl (C=O) groups excluding carboxylic acids is 1. The molecule has 2 amide bonds. The van der Waals surface area contributed by atoms with Gasteiger partial charge in [-0.25, -0.2) is 4.79 Å². The van der Waals surface area contributed by atoms with Gasteiger partial charge in [0.25, 0.3) is 0 Å². The number of thioether (sulfide) groups is 1. The van der Waals surface area contributed by atoms with Crippen LogP contribution in [0, 0.1) is 11.3 Å². The fourth-order valence-corrected chi connectivity index (χ4v) is 3.65. The minimum absolute atomic E-state index is 0.237.